The van der Waals surface area contributed by atoms with Crippen LogP contribution < -0.4 is 0 Å². The van der Waals surface area contributed by atoms with Gasteiger partial charge < -0.3 is 18.9 Å². The Morgan fingerprint density at radius 3 is 1.13 bits per heavy atom. The van der Waals surface area contributed by atoms with Crippen molar-refractivity contribution in [2.24, 2.45) is 33.5 Å². The van der Waals surface area contributed by atoms with Crippen LogP contribution in [0.15, 0.2) is 0 Å². The smallest absolute Gasteiger partial charge is 0.340 e. The van der Waals surface area contributed by atoms with Gasteiger partial charge in [-0.25, -0.2) is 8.78 Å². The highest BCUT2D eigenvalue weighted by molar-refractivity contribution is 5.77. The van der Waals surface area contributed by atoms with Gasteiger partial charge in [0.25, 0.3) is 0 Å². The van der Waals surface area contributed by atoms with Gasteiger partial charge in [-0.15, -0.1) is 0 Å². The molecule has 0 aromatic heterocycles. The quantitative estimate of drug-likeness (QED) is 0.0586. The molecule has 0 unspecified atom stereocenters. The molecule has 0 atom stereocenters. The van der Waals surface area contributed by atoms with Crippen LogP contribution in [0, 0.1) is 33.5 Å². The Labute approximate surface area is 320 Å². The minimum absolute atomic E-state index is 0.00618. The predicted octanol–water partition coefficient (Wildman–Crippen LogP) is 11.7. The number of rotatable bonds is 18. The second-order valence-electron chi connectivity index (χ2n) is 16.9. The zero-order valence-corrected chi connectivity index (χ0v) is 36.8. The van der Waals surface area contributed by atoms with E-state index in [9.17, 15) is 36.7 Å². The largest absolute Gasteiger partial charge is 0.465 e. The first-order chi connectivity index (χ1) is 23.8. The predicted molar refractivity (Wildman–Crippen MR) is 205 cm³/mol. The summed E-state index contributed by atoms with van der Waals surface area (Å²) in [4.78, 5) is 45.7. The zero-order valence-electron chi connectivity index (χ0n) is 36.8. The molecular formula is C41H78F4O8. The van der Waals surface area contributed by atoms with Gasteiger partial charge in [0, 0.05) is 0 Å². The first-order valence-electron chi connectivity index (χ1n) is 19.2. The summed E-state index contributed by atoms with van der Waals surface area (Å²) in [5.41, 5.74) is -1.93. The molecule has 0 amide bonds. The molecule has 0 saturated heterocycles. The van der Waals surface area contributed by atoms with Crippen LogP contribution in [0.2, 0.25) is 0 Å². The molecule has 0 radical (unpaired) electrons. The molecule has 0 N–H and O–H groups in total. The molecule has 0 aromatic carbocycles. The lowest BCUT2D eigenvalue weighted by Gasteiger charge is -2.29. The van der Waals surface area contributed by atoms with Crippen LogP contribution in [0.4, 0.5) is 17.6 Å². The van der Waals surface area contributed by atoms with Crippen molar-refractivity contribution in [3.8, 4) is 0 Å². The summed E-state index contributed by atoms with van der Waals surface area (Å²) in [6.45, 7) is 35.4. The fourth-order valence-corrected chi connectivity index (χ4v) is 3.20. The van der Waals surface area contributed by atoms with Crippen molar-refractivity contribution in [3.63, 3.8) is 0 Å². The number of esters is 4. The van der Waals surface area contributed by atoms with E-state index in [-0.39, 0.29) is 46.4 Å². The number of carbonyl (C=O) groups excluding carboxylic acids is 4. The van der Waals surface area contributed by atoms with E-state index in [0.717, 1.165) is 32.1 Å². The summed E-state index contributed by atoms with van der Waals surface area (Å²) in [5.74, 6) is -4.67. The number of ether oxygens (including phenoxy) is 4. The van der Waals surface area contributed by atoms with Gasteiger partial charge in [-0.3, -0.25) is 19.2 Å². The number of halogens is 4. The van der Waals surface area contributed by atoms with Crippen molar-refractivity contribution in [2.75, 3.05) is 13.2 Å². The van der Waals surface area contributed by atoms with Crippen LogP contribution in [-0.2, 0) is 38.1 Å². The molecule has 0 aliphatic carbocycles. The molecule has 0 heterocycles. The first-order valence-corrected chi connectivity index (χ1v) is 19.2. The third kappa shape index (κ3) is 25.3. The maximum Gasteiger partial charge on any atom is 0.340 e. The molecule has 0 aliphatic heterocycles. The van der Waals surface area contributed by atoms with Crippen molar-refractivity contribution < 1.29 is 55.7 Å². The number of hydrogen-bond acceptors (Lipinski definition) is 8. The minimum Gasteiger partial charge on any atom is -0.465 e. The maximum absolute atomic E-state index is 12.4. The van der Waals surface area contributed by atoms with Gasteiger partial charge in [-0.2, -0.15) is 8.78 Å². The fraction of sp³-hybridized carbons (Fsp3) is 0.902. The lowest BCUT2D eigenvalue weighted by molar-refractivity contribution is -0.186. The Morgan fingerprint density at radius 2 is 0.849 bits per heavy atom. The van der Waals surface area contributed by atoms with E-state index >= 15 is 0 Å². The highest BCUT2D eigenvalue weighted by atomic mass is 19.3. The number of hydrogen-bond donors (Lipinski definition) is 0. The number of alkyl halides is 4. The Bertz CT molecular complexity index is 1030. The summed E-state index contributed by atoms with van der Waals surface area (Å²) in [7, 11) is 0. The number of unbranched alkanes of at least 4 members (excludes halogenated alkanes) is 1. The van der Waals surface area contributed by atoms with E-state index in [1.807, 2.05) is 76.2 Å². The first kappa shape index (κ1) is 57.3. The normalized spacial score (nSPS) is 12.3. The van der Waals surface area contributed by atoms with E-state index in [0.29, 0.717) is 24.9 Å². The lowest BCUT2D eigenvalue weighted by Crippen LogP contribution is -2.36. The van der Waals surface area contributed by atoms with Gasteiger partial charge in [-0.05, 0) is 113 Å². The fourth-order valence-electron chi connectivity index (χ4n) is 3.20. The Hall–Kier alpha value is -2.40. The zero-order chi connectivity index (χ0) is 43.2. The van der Waals surface area contributed by atoms with E-state index < -0.39 is 30.3 Å². The summed E-state index contributed by atoms with van der Waals surface area (Å²) in [6.07, 6.45) is 1.08. The van der Waals surface area contributed by atoms with Crippen LogP contribution in [0.1, 0.15) is 170 Å². The average Bonchev–Trinajstić information content (AvgIpc) is 3.05. The van der Waals surface area contributed by atoms with Gasteiger partial charge in [0.05, 0.1) is 34.4 Å². The van der Waals surface area contributed by atoms with Gasteiger partial charge >= 0.3 is 36.2 Å². The molecule has 0 rings (SSSR count). The third-order valence-electron chi connectivity index (χ3n) is 9.09. The monoisotopic (exact) mass is 775 g/mol. The maximum atomic E-state index is 12.4. The second-order valence-corrected chi connectivity index (χ2v) is 16.9. The Kier molecular flexibility index (Phi) is 28.6. The van der Waals surface area contributed by atoms with Crippen LogP contribution in [0.25, 0.3) is 0 Å². The van der Waals surface area contributed by atoms with Gasteiger partial charge in [0.1, 0.15) is 6.10 Å². The van der Waals surface area contributed by atoms with Crippen LogP contribution in [0.3, 0.4) is 0 Å². The Morgan fingerprint density at radius 1 is 0.528 bits per heavy atom. The highest BCUT2D eigenvalue weighted by Gasteiger charge is 2.43. The second kappa shape index (κ2) is 26.4. The highest BCUT2D eigenvalue weighted by Crippen LogP contribution is 2.28. The van der Waals surface area contributed by atoms with Crippen molar-refractivity contribution >= 4 is 23.9 Å². The van der Waals surface area contributed by atoms with Gasteiger partial charge in [-0.1, -0.05) is 68.7 Å². The van der Waals surface area contributed by atoms with Crippen LogP contribution in [0.5, 0.6) is 0 Å². The minimum atomic E-state index is -4.28. The third-order valence-corrected chi connectivity index (χ3v) is 9.09. The molecule has 0 aromatic rings. The molecule has 0 spiro atoms. The van der Waals surface area contributed by atoms with Crippen molar-refractivity contribution in [3.05, 3.63) is 0 Å². The molecule has 0 saturated carbocycles. The topological polar surface area (TPSA) is 105 Å². The van der Waals surface area contributed by atoms with Gasteiger partial charge in [0.2, 0.25) is 0 Å². The van der Waals surface area contributed by atoms with E-state index in [1.165, 1.54) is 13.8 Å². The lowest BCUT2D eigenvalue weighted by atomic mass is 9.89. The molecule has 0 fully saturated rings. The summed E-state index contributed by atoms with van der Waals surface area (Å²) in [5, 5.41) is 0. The van der Waals surface area contributed by atoms with Crippen LogP contribution >= 0.6 is 0 Å². The Balaban J connectivity index is -0.000000305. The summed E-state index contributed by atoms with van der Waals surface area (Å²) < 4.78 is 68.1. The number of carbonyl (C=O) groups is 4. The SMILES string of the molecule is CCC(C)(C)C(=O)OC(C(C)C)C(C)C.CCC(C)(C)C(=O)OC(C)C.CCC(C)(C)C(=O)OCC(F)(F)C(F)F.CCCCOC(=O)C(C)(C)CC. The van der Waals surface area contributed by atoms with Gasteiger partial charge in [0.15, 0.2) is 6.61 Å². The molecule has 53 heavy (non-hydrogen) atoms. The average molecular weight is 775 g/mol. The van der Waals surface area contributed by atoms with Crippen molar-refractivity contribution in [1.82, 2.24) is 0 Å². The van der Waals surface area contributed by atoms with Crippen molar-refractivity contribution in [1.29, 1.82) is 0 Å². The van der Waals surface area contributed by atoms with Crippen LogP contribution in [-0.4, -0.2) is 61.6 Å². The standard InChI is InChI=1S/C13H26O2.C10H20O2.C9H14F4O2.C9H18O2/c1-8-13(6,7)12(14)15-11(9(2)3)10(4)5;1-5-7-8-12-9(11)10(3,4)6-2;1-4-8(2,3)7(14)15-5-9(12,13)6(10)11;1-6-9(4,5)8(10)11-7(2)3/h9-11H,8H2,1-7H3;5-8H2,1-4H3;6H,4-5H2,1-3H3;7H,6H2,1-5H3. The molecule has 0 bridgehead atoms. The summed E-state index contributed by atoms with van der Waals surface area (Å²) in [6, 6.07) is 0. The summed E-state index contributed by atoms with van der Waals surface area (Å²) >= 11 is 0. The van der Waals surface area contributed by atoms with Crippen molar-refractivity contribution in [2.45, 2.75) is 195 Å². The van der Waals surface area contributed by atoms with E-state index in [1.54, 1.807) is 6.92 Å². The molecule has 0 aliphatic rings. The molecule has 12 heteroatoms. The van der Waals surface area contributed by atoms with E-state index in [2.05, 4.69) is 39.4 Å². The molecule has 8 nitrogen and oxygen atoms in total. The molecule has 318 valence electrons. The van der Waals surface area contributed by atoms with E-state index in [4.69, 9.17) is 14.2 Å². The molecular weight excluding hydrogens is 696 g/mol.